The quantitative estimate of drug-likeness (QED) is 0.877. The molecule has 1 saturated carbocycles. The van der Waals surface area contributed by atoms with E-state index in [1.807, 2.05) is 0 Å². The molecule has 0 aromatic carbocycles. The zero-order valence-electron chi connectivity index (χ0n) is 10.1. The van der Waals surface area contributed by atoms with Crippen LogP contribution in [0.1, 0.15) is 68.5 Å². The third-order valence-electron chi connectivity index (χ3n) is 3.49. The number of hydrogen-bond acceptors (Lipinski definition) is 4. The van der Waals surface area contributed by atoms with Gasteiger partial charge in [-0.2, -0.15) is 0 Å². The Morgan fingerprint density at radius 2 is 2.06 bits per heavy atom. The van der Waals surface area contributed by atoms with Gasteiger partial charge in [-0.1, -0.05) is 44.0 Å². The predicted octanol–water partition coefficient (Wildman–Crippen LogP) is 3.24. The van der Waals surface area contributed by atoms with Crippen LogP contribution in [0, 0.1) is 5.92 Å². The second-order valence-corrected chi connectivity index (χ2v) is 5.96. The second-order valence-electron chi connectivity index (χ2n) is 5.17. The Morgan fingerprint density at radius 1 is 1.38 bits per heavy atom. The third-order valence-corrected chi connectivity index (χ3v) is 4.36. The zero-order valence-corrected chi connectivity index (χ0v) is 11.0. The number of rotatable bonds is 4. The van der Waals surface area contributed by atoms with E-state index in [0.29, 0.717) is 5.92 Å². The average Bonchev–Trinajstić information content (AvgIpc) is 2.86. The lowest BCUT2D eigenvalue weighted by Crippen LogP contribution is -2.15. The Hall–Kier alpha value is -0.480. The fourth-order valence-electron chi connectivity index (χ4n) is 2.57. The van der Waals surface area contributed by atoms with E-state index in [-0.39, 0.29) is 6.04 Å². The van der Waals surface area contributed by atoms with Crippen molar-refractivity contribution in [2.75, 3.05) is 0 Å². The molecule has 1 unspecified atom stereocenters. The lowest BCUT2D eigenvalue weighted by molar-refractivity contribution is 0.451. The van der Waals surface area contributed by atoms with E-state index in [1.54, 1.807) is 0 Å². The Morgan fingerprint density at radius 3 is 2.69 bits per heavy atom. The van der Waals surface area contributed by atoms with Crippen molar-refractivity contribution in [2.45, 2.75) is 57.9 Å². The minimum atomic E-state index is 0.153. The van der Waals surface area contributed by atoms with Crippen molar-refractivity contribution in [2.24, 2.45) is 11.7 Å². The monoisotopic (exact) mass is 239 g/mol. The Labute approximate surface area is 102 Å². The zero-order chi connectivity index (χ0) is 11.5. The lowest BCUT2D eigenvalue weighted by atomic mass is 9.96. The fraction of sp³-hybridized carbons (Fsp3) is 0.833. The first kappa shape index (κ1) is 12.0. The first-order valence-electron chi connectivity index (χ1n) is 6.26. The lowest BCUT2D eigenvalue weighted by Gasteiger charge is -2.16. The molecular formula is C12H21N3S. The molecule has 1 aromatic heterocycles. The summed E-state index contributed by atoms with van der Waals surface area (Å²) in [5, 5.41) is 4.20. The summed E-state index contributed by atoms with van der Waals surface area (Å²) < 4.78 is 4.05. The maximum absolute atomic E-state index is 6.29. The molecule has 1 atom stereocenters. The van der Waals surface area contributed by atoms with Crippen LogP contribution >= 0.6 is 11.5 Å². The first-order valence-corrected chi connectivity index (χ1v) is 7.03. The highest BCUT2D eigenvalue weighted by atomic mass is 32.1. The van der Waals surface area contributed by atoms with Crippen LogP contribution in [0.25, 0.3) is 0 Å². The minimum absolute atomic E-state index is 0.153. The van der Waals surface area contributed by atoms with Gasteiger partial charge in [0.1, 0.15) is 0 Å². The van der Waals surface area contributed by atoms with Crippen LogP contribution in [0.3, 0.4) is 0 Å². The highest BCUT2D eigenvalue weighted by Crippen LogP contribution is 2.34. The molecule has 1 aliphatic rings. The summed E-state index contributed by atoms with van der Waals surface area (Å²) in [7, 11) is 0. The second kappa shape index (κ2) is 5.23. The Kier molecular flexibility index (Phi) is 3.92. The number of hydrogen-bond donors (Lipinski definition) is 1. The van der Waals surface area contributed by atoms with Crippen LogP contribution in [-0.2, 0) is 0 Å². The maximum atomic E-state index is 6.29. The van der Waals surface area contributed by atoms with Gasteiger partial charge in [-0.3, -0.25) is 0 Å². The summed E-state index contributed by atoms with van der Waals surface area (Å²) in [6.07, 6.45) is 6.60. The summed E-state index contributed by atoms with van der Waals surface area (Å²) in [4.78, 5) is 1.21. The van der Waals surface area contributed by atoms with Gasteiger partial charge >= 0.3 is 0 Å². The summed E-state index contributed by atoms with van der Waals surface area (Å²) in [5.74, 6) is 1.26. The summed E-state index contributed by atoms with van der Waals surface area (Å²) in [5.41, 5.74) is 7.40. The highest BCUT2D eigenvalue weighted by molar-refractivity contribution is 7.05. The van der Waals surface area contributed by atoms with Crippen LogP contribution in [0.4, 0.5) is 0 Å². The fourth-order valence-corrected chi connectivity index (χ4v) is 3.39. The molecular weight excluding hydrogens is 218 g/mol. The van der Waals surface area contributed by atoms with E-state index in [1.165, 1.54) is 42.1 Å². The van der Waals surface area contributed by atoms with Gasteiger partial charge in [-0.05, 0) is 29.8 Å². The van der Waals surface area contributed by atoms with Crippen molar-refractivity contribution in [3.63, 3.8) is 0 Å². The van der Waals surface area contributed by atoms with Gasteiger partial charge < -0.3 is 5.73 Å². The van der Waals surface area contributed by atoms with Gasteiger partial charge in [0.25, 0.3) is 0 Å². The van der Waals surface area contributed by atoms with Crippen LogP contribution in [0.15, 0.2) is 0 Å². The smallest absolute Gasteiger partial charge is 0.0828 e. The van der Waals surface area contributed by atoms with Crippen LogP contribution in [0.5, 0.6) is 0 Å². The molecule has 3 nitrogen and oxygen atoms in total. The molecule has 0 spiro atoms. The third kappa shape index (κ3) is 2.61. The van der Waals surface area contributed by atoms with Crippen LogP contribution < -0.4 is 5.73 Å². The molecule has 1 aliphatic carbocycles. The average molecular weight is 239 g/mol. The largest absolute Gasteiger partial charge is 0.323 e. The van der Waals surface area contributed by atoms with Crippen LogP contribution in [0.2, 0.25) is 0 Å². The minimum Gasteiger partial charge on any atom is -0.323 e. The van der Waals surface area contributed by atoms with Crippen molar-refractivity contribution >= 4 is 11.5 Å². The van der Waals surface area contributed by atoms with Crippen molar-refractivity contribution in [1.82, 2.24) is 9.59 Å². The molecule has 0 amide bonds. The Balaban J connectivity index is 2.01. The van der Waals surface area contributed by atoms with E-state index >= 15 is 0 Å². The van der Waals surface area contributed by atoms with Gasteiger partial charge in [0.05, 0.1) is 10.6 Å². The van der Waals surface area contributed by atoms with Gasteiger partial charge in [0.15, 0.2) is 0 Å². The molecule has 1 fully saturated rings. The van der Waals surface area contributed by atoms with Crippen LogP contribution in [-0.4, -0.2) is 9.59 Å². The first-order chi connectivity index (χ1) is 7.68. The number of nitrogens with two attached hydrogens (primary N) is 1. The van der Waals surface area contributed by atoms with Crippen molar-refractivity contribution in [3.05, 3.63) is 10.6 Å². The molecule has 2 N–H and O–H groups in total. The summed E-state index contributed by atoms with van der Waals surface area (Å²) >= 11 is 1.48. The summed E-state index contributed by atoms with van der Waals surface area (Å²) in [6, 6.07) is 0.153. The van der Waals surface area contributed by atoms with Gasteiger partial charge in [0.2, 0.25) is 0 Å². The maximum Gasteiger partial charge on any atom is 0.0828 e. The summed E-state index contributed by atoms with van der Waals surface area (Å²) in [6.45, 7) is 4.31. The van der Waals surface area contributed by atoms with E-state index in [0.717, 1.165) is 18.0 Å². The molecule has 0 aliphatic heterocycles. The van der Waals surface area contributed by atoms with E-state index in [9.17, 15) is 0 Å². The molecule has 16 heavy (non-hydrogen) atoms. The van der Waals surface area contributed by atoms with Gasteiger partial charge in [0, 0.05) is 6.04 Å². The molecule has 90 valence electrons. The molecule has 4 heteroatoms. The highest BCUT2D eigenvalue weighted by Gasteiger charge is 2.23. The van der Waals surface area contributed by atoms with Crippen molar-refractivity contribution in [3.8, 4) is 0 Å². The van der Waals surface area contributed by atoms with Gasteiger partial charge in [-0.15, -0.1) is 5.10 Å². The molecule has 1 aromatic rings. The normalized spacial score (nSPS) is 19.5. The van der Waals surface area contributed by atoms with Crippen molar-refractivity contribution < 1.29 is 0 Å². The standard InChI is InChI=1S/C12H21N3S/c1-8(2)11-12(16-15-14-11)10(13)7-9-5-3-4-6-9/h8-10H,3-7,13H2,1-2H3. The van der Waals surface area contributed by atoms with E-state index in [4.69, 9.17) is 5.73 Å². The van der Waals surface area contributed by atoms with Gasteiger partial charge in [-0.25, -0.2) is 0 Å². The Bertz CT molecular complexity index is 329. The molecule has 0 radical (unpaired) electrons. The predicted molar refractivity (Wildman–Crippen MR) is 67.5 cm³/mol. The number of nitrogens with zero attached hydrogens (tertiary/aromatic N) is 2. The topological polar surface area (TPSA) is 51.8 Å². The molecule has 0 bridgehead atoms. The van der Waals surface area contributed by atoms with E-state index in [2.05, 4.69) is 23.4 Å². The molecule has 0 saturated heterocycles. The number of aromatic nitrogens is 2. The SMILES string of the molecule is CC(C)c1nnsc1C(N)CC1CCCC1. The van der Waals surface area contributed by atoms with E-state index < -0.39 is 0 Å². The molecule has 2 rings (SSSR count). The molecule has 1 heterocycles. The van der Waals surface area contributed by atoms with Crippen molar-refractivity contribution in [1.29, 1.82) is 0 Å².